The van der Waals surface area contributed by atoms with Gasteiger partial charge in [-0.15, -0.1) is 0 Å². The van der Waals surface area contributed by atoms with Gasteiger partial charge < -0.3 is 5.73 Å². The molecule has 0 spiro atoms. The fourth-order valence-corrected chi connectivity index (χ4v) is 2.39. The van der Waals surface area contributed by atoms with Gasteiger partial charge in [0.25, 0.3) is 0 Å². The number of ketones is 1. The SMILES string of the molecule is Nc1cccc(C(=O)/C=C/c2cc3ccccc3nc2Cl)c1. The lowest BCUT2D eigenvalue weighted by Crippen LogP contribution is -1.96. The zero-order valence-electron chi connectivity index (χ0n) is 11.7. The number of aromatic nitrogens is 1. The minimum atomic E-state index is -0.128. The maximum Gasteiger partial charge on any atom is 0.185 e. The van der Waals surface area contributed by atoms with E-state index >= 15 is 0 Å². The summed E-state index contributed by atoms with van der Waals surface area (Å²) in [7, 11) is 0. The molecule has 0 atom stereocenters. The van der Waals surface area contributed by atoms with Crippen LogP contribution in [0.3, 0.4) is 0 Å². The van der Waals surface area contributed by atoms with E-state index in [2.05, 4.69) is 4.98 Å². The maximum absolute atomic E-state index is 12.1. The number of carbonyl (C=O) groups excluding carboxylic acids is 1. The van der Waals surface area contributed by atoms with Gasteiger partial charge in [-0.05, 0) is 36.4 Å². The van der Waals surface area contributed by atoms with E-state index < -0.39 is 0 Å². The first-order valence-electron chi connectivity index (χ1n) is 6.77. The summed E-state index contributed by atoms with van der Waals surface area (Å²) in [5, 5.41) is 1.35. The smallest absolute Gasteiger partial charge is 0.185 e. The van der Waals surface area contributed by atoms with Crippen LogP contribution in [0.1, 0.15) is 15.9 Å². The molecule has 0 bridgehead atoms. The molecule has 0 radical (unpaired) electrons. The molecule has 2 aromatic carbocycles. The quantitative estimate of drug-likeness (QED) is 0.338. The van der Waals surface area contributed by atoms with Gasteiger partial charge in [0.15, 0.2) is 5.78 Å². The van der Waals surface area contributed by atoms with E-state index in [1.807, 2.05) is 30.3 Å². The number of hydrogen-bond acceptors (Lipinski definition) is 3. The van der Waals surface area contributed by atoms with Crippen LogP contribution in [0.2, 0.25) is 5.15 Å². The van der Waals surface area contributed by atoms with Crippen molar-refractivity contribution >= 4 is 40.1 Å². The average molecular weight is 309 g/mol. The van der Waals surface area contributed by atoms with Crippen molar-refractivity contribution < 1.29 is 4.79 Å². The summed E-state index contributed by atoms with van der Waals surface area (Å²) < 4.78 is 0. The van der Waals surface area contributed by atoms with Gasteiger partial charge in [0, 0.05) is 22.2 Å². The van der Waals surface area contributed by atoms with Gasteiger partial charge >= 0.3 is 0 Å². The third-order valence-electron chi connectivity index (χ3n) is 3.29. The van der Waals surface area contributed by atoms with Crippen LogP contribution in [0.4, 0.5) is 5.69 Å². The van der Waals surface area contributed by atoms with E-state index in [-0.39, 0.29) is 5.78 Å². The number of pyridine rings is 1. The number of anilines is 1. The normalized spacial score (nSPS) is 11.1. The van der Waals surface area contributed by atoms with Crippen molar-refractivity contribution in [2.45, 2.75) is 0 Å². The molecule has 0 aliphatic heterocycles. The Labute approximate surface area is 133 Å². The highest BCUT2D eigenvalue weighted by atomic mass is 35.5. The Balaban J connectivity index is 1.92. The van der Waals surface area contributed by atoms with Gasteiger partial charge in [0.2, 0.25) is 0 Å². The molecule has 3 aromatic rings. The standard InChI is InChI=1S/C18H13ClN2O/c19-18-14(10-12-4-1-2-7-16(12)21-18)8-9-17(22)13-5-3-6-15(20)11-13/h1-11H,20H2/b9-8+. The molecule has 0 saturated heterocycles. The minimum absolute atomic E-state index is 0.128. The Hall–Kier alpha value is -2.65. The molecule has 108 valence electrons. The summed E-state index contributed by atoms with van der Waals surface area (Å²) in [6, 6.07) is 16.5. The van der Waals surface area contributed by atoms with Crippen LogP contribution in [0, 0.1) is 0 Å². The topological polar surface area (TPSA) is 56.0 Å². The first-order valence-corrected chi connectivity index (χ1v) is 7.14. The number of rotatable bonds is 3. The predicted octanol–water partition coefficient (Wildman–Crippen LogP) is 4.37. The van der Waals surface area contributed by atoms with Crippen molar-refractivity contribution in [2.75, 3.05) is 5.73 Å². The summed E-state index contributed by atoms with van der Waals surface area (Å²) in [6.45, 7) is 0. The van der Waals surface area contributed by atoms with Gasteiger partial charge in [-0.2, -0.15) is 0 Å². The molecule has 0 fully saturated rings. The first-order chi connectivity index (χ1) is 10.6. The largest absolute Gasteiger partial charge is 0.399 e. The Kier molecular flexibility index (Phi) is 3.90. The third-order valence-corrected chi connectivity index (χ3v) is 3.59. The number of benzene rings is 2. The summed E-state index contributed by atoms with van der Waals surface area (Å²) in [4.78, 5) is 16.5. The van der Waals surface area contributed by atoms with Gasteiger partial charge in [-0.25, -0.2) is 4.98 Å². The van der Waals surface area contributed by atoms with Crippen molar-refractivity contribution in [1.82, 2.24) is 4.98 Å². The molecule has 1 heterocycles. The third kappa shape index (κ3) is 3.00. The number of carbonyl (C=O) groups is 1. The Bertz CT molecular complexity index is 887. The molecular weight excluding hydrogens is 296 g/mol. The van der Waals surface area contributed by atoms with Crippen LogP contribution in [-0.2, 0) is 0 Å². The van der Waals surface area contributed by atoms with E-state index in [0.29, 0.717) is 22.0 Å². The number of hydrogen-bond donors (Lipinski definition) is 1. The van der Waals surface area contributed by atoms with E-state index in [1.165, 1.54) is 6.08 Å². The zero-order valence-corrected chi connectivity index (χ0v) is 12.4. The highest BCUT2D eigenvalue weighted by Gasteiger charge is 2.05. The lowest BCUT2D eigenvalue weighted by molar-refractivity contribution is 0.104. The van der Waals surface area contributed by atoms with Crippen LogP contribution in [0.25, 0.3) is 17.0 Å². The highest BCUT2D eigenvalue weighted by molar-refractivity contribution is 6.31. The van der Waals surface area contributed by atoms with Crippen LogP contribution in [0.5, 0.6) is 0 Å². The van der Waals surface area contributed by atoms with Gasteiger partial charge in [0.05, 0.1) is 5.52 Å². The second-order valence-corrected chi connectivity index (χ2v) is 5.24. The number of para-hydroxylation sites is 1. The monoisotopic (exact) mass is 308 g/mol. The fourth-order valence-electron chi connectivity index (χ4n) is 2.18. The number of fused-ring (bicyclic) bond motifs is 1. The maximum atomic E-state index is 12.1. The molecule has 3 rings (SSSR count). The van der Waals surface area contributed by atoms with E-state index in [1.54, 1.807) is 30.3 Å². The van der Waals surface area contributed by atoms with E-state index in [0.717, 1.165) is 10.9 Å². The molecular formula is C18H13ClN2O. The van der Waals surface area contributed by atoms with Crippen LogP contribution in [0.15, 0.2) is 60.7 Å². The number of nitrogens with two attached hydrogens (primary N) is 1. The number of allylic oxidation sites excluding steroid dienone is 1. The summed E-state index contributed by atoms with van der Waals surface area (Å²) >= 11 is 6.16. The molecule has 0 unspecified atom stereocenters. The lowest BCUT2D eigenvalue weighted by Gasteiger charge is -2.02. The van der Waals surface area contributed by atoms with Crippen molar-refractivity contribution in [1.29, 1.82) is 0 Å². The minimum Gasteiger partial charge on any atom is -0.399 e. The molecule has 4 heteroatoms. The number of nitrogens with zero attached hydrogens (tertiary/aromatic N) is 1. The molecule has 0 aliphatic carbocycles. The molecule has 2 N–H and O–H groups in total. The Morgan fingerprint density at radius 2 is 1.91 bits per heavy atom. The molecule has 0 aliphatic rings. The van der Waals surface area contributed by atoms with E-state index in [9.17, 15) is 4.79 Å². The second-order valence-electron chi connectivity index (χ2n) is 4.88. The van der Waals surface area contributed by atoms with Gasteiger partial charge in [-0.1, -0.05) is 41.9 Å². The van der Waals surface area contributed by atoms with Gasteiger partial charge in [-0.3, -0.25) is 4.79 Å². The highest BCUT2D eigenvalue weighted by Crippen LogP contribution is 2.21. The summed E-state index contributed by atoms with van der Waals surface area (Å²) in [5.41, 5.74) is 8.32. The second kappa shape index (κ2) is 6.00. The predicted molar refractivity (Wildman–Crippen MR) is 91.0 cm³/mol. The Morgan fingerprint density at radius 3 is 2.73 bits per heavy atom. The lowest BCUT2D eigenvalue weighted by atomic mass is 10.1. The van der Waals surface area contributed by atoms with Crippen molar-refractivity contribution in [2.24, 2.45) is 0 Å². The average Bonchev–Trinajstić information content (AvgIpc) is 2.52. The van der Waals surface area contributed by atoms with Crippen LogP contribution < -0.4 is 5.73 Å². The molecule has 22 heavy (non-hydrogen) atoms. The van der Waals surface area contributed by atoms with E-state index in [4.69, 9.17) is 17.3 Å². The molecule has 0 saturated carbocycles. The van der Waals surface area contributed by atoms with Crippen LogP contribution >= 0.6 is 11.6 Å². The van der Waals surface area contributed by atoms with Crippen molar-refractivity contribution in [3.8, 4) is 0 Å². The first kappa shape index (κ1) is 14.3. The van der Waals surface area contributed by atoms with Crippen LogP contribution in [-0.4, -0.2) is 10.8 Å². The fraction of sp³-hybridized carbons (Fsp3) is 0. The number of halogens is 1. The molecule has 0 amide bonds. The Morgan fingerprint density at radius 1 is 1.09 bits per heavy atom. The summed E-state index contributed by atoms with van der Waals surface area (Å²) in [6.07, 6.45) is 3.15. The van der Waals surface area contributed by atoms with Crippen molar-refractivity contribution in [3.63, 3.8) is 0 Å². The van der Waals surface area contributed by atoms with Crippen molar-refractivity contribution in [3.05, 3.63) is 77.0 Å². The zero-order chi connectivity index (χ0) is 15.5. The molecule has 3 nitrogen and oxygen atoms in total. The summed E-state index contributed by atoms with van der Waals surface area (Å²) in [5.74, 6) is -0.128. The van der Waals surface area contributed by atoms with Gasteiger partial charge in [0.1, 0.15) is 5.15 Å². The molecule has 1 aromatic heterocycles. The number of nitrogen functional groups attached to an aromatic ring is 1.